The highest BCUT2D eigenvalue weighted by atomic mass is 32.2. The zero-order chi connectivity index (χ0) is 17.9. The van der Waals surface area contributed by atoms with Crippen molar-refractivity contribution >= 4 is 15.9 Å². The van der Waals surface area contributed by atoms with Gasteiger partial charge < -0.3 is 15.5 Å². The molecule has 3 N–H and O–H groups in total. The van der Waals surface area contributed by atoms with Gasteiger partial charge in [0.1, 0.15) is 5.76 Å². The van der Waals surface area contributed by atoms with Crippen LogP contribution in [0, 0.1) is 12.8 Å². The predicted molar refractivity (Wildman–Crippen MR) is 91.2 cm³/mol. The summed E-state index contributed by atoms with van der Waals surface area (Å²) in [6, 6.07) is 1.19. The standard InChI is InChI=1S/C16H27N3O4S/c1-11-13(9-15(23-11)24(21,22)19(2)3)16(20)18-14(10-17)12-7-5-4-6-8-12/h9,12,14H,4-8,10,17H2,1-3H3,(H,18,20). The largest absolute Gasteiger partial charge is 0.448 e. The molecule has 1 aliphatic carbocycles. The molecule has 136 valence electrons. The molecular weight excluding hydrogens is 330 g/mol. The SMILES string of the molecule is Cc1oc(S(=O)(=O)N(C)C)cc1C(=O)NC(CN)C1CCCCC1. The van der Waals surface area contributed by atoms with Gasteiger partial charge >= 0.3 is 0 Å². The summed E-state index contributed by atoms with van der Waals surface area (Å²) in [5.41, 5.74) is 6.08. The fraction of sp³-hybridized carbons (Fsp3) is 0.688. The van der Waals surface area contributed by atoms with Crippen molar-refractivity contribution in [2.45, 2.75) is 50.2 Å². The first-order chi connectivity index (χ1) is 11.3. The Labute approximate surface area is 143 Å². The lowest BCUT2D eigenvalue weighted by Crippen LogP contribution is -2.46. The van der Waals surface area contributed by atoms with E-state index in [0.29, 0.717) is 12.5 Å². The molecule has 0 saturated heterocycles. The summed E-state index contributed by atoms with van der Waals surface area (Å²) in [5, 5.41) is 2.73. The van der Waals surface area contributed by atoms with Crippen LogP contribution >= 0.6 is 0 Å². The number of nitrogens with one attached hydrogen (secondary N) is 1. The van der Waals surface area contributed by atoms with Gasteiger partial charge in [0.05, 0.1) is 5.56 Å². The number of furan rings is 1. The van der Waals surface area contributed by atoms with Crippen molar-refractivity contribution in [1.29, 1.82) is 0 Å². The van der Waals surface area contributed by atoms with Gasteiger partial charge in [-0.05, 0) is 25.7 Å². The zero-order valence-corrected chi connectivity index (χ0v) is 15.4. The maximum atomic E-state index is 12.6. The number of sulfonamides is 1. The smallest absolute Gasteiger partial charge is 0.275 e. The van der Waals surface area contributed by atoms with Crippen molar-refractivity contribution in [2.75, 3.05) is 20.6 Å². The summed E-state index contributed by atoms with van der Waals surface area (Å²) < 4.78 is 30.6. The first-order valence-electron chi connectivity index (χ1n) is 8.31. The van der Waals surface area contributed by atoms with Crippen LogP contribution in [0.1, 0.15) is 48.2 Å². The Hall–Kier alpha value is -1.38. The molecule has 1 aliphatic rings. The lowest BCUT2D eigenvalue weighted by molar-refractivity contribution is 0.0914. The van der Waals surface area contributed by atoms with Crippen LogP contribution in [0.15, 0.2) is 15.6 Å². The first kappa shape index (κ1) is 19.0. The first-order valence-corrected chi connectivity index (χ1v) is 9.75. The summed E-state index contributed by atoms with van der Waals surface area (Å²) in [5.74, 6) is 0.328. The predicted octanol–water partition coefficient (Wildman–Crippen LogP) is 1.48. The second-order valence-corrected chi connectivity index (χ2v) is 8.62. The van der Waals surface area contributed by atoms with Gasteiger partial charge in [-0.2, -0.15) is 0 Å². The Balaban J connectivity index is 2.16. The normalized spacial score (nSPS) is 17.9. The highest BCUT2D eigenvalue weighted by molar-refractivity contribution is 7.88. The topological polar surface area (TPSA) is 106 Å². The fourth-order valence-electron chi connectivity index (χ4n) is 3.14. The molecule has 1 fully saturated rings. The van der Waals surface area contributed by atoms with Gasteiger partial charge in [-0.3, -0.25) is 4.79 Å². The van der Waals surface area contributed by atoms with Crippen LogP contribution in [0.2, 0.25) is 0 Å². The van der Waals surface area contributed by atoms with Crippen molar-refractivity contribution < 1.29 is 17.6 Å². The quantitative estimate of drug-likeness (QED) is 0.802. The van der Waals surface area contributed by atoms with E-state index in [1.807, 2.05) is 0 Å². The second kappa shape index (κ2) is 7.67. The number of hydrogen-bond acceptors (Lipinski definition) is 5. The molecule has 0 bridgehead atoms. The molecular formula is C16H27N3O4S. The summed E-state index contributed by atoms with van der Waals surface area (Å²) in [6.45, 7) is 1.96. The molecule has 0 aromatic carbocycles. The number of nitrogens with two attached hydrogens (primary N) is 1. The van der Waals surface area contributed by atoms with Crippen molar-refractivity contribution in [3.63, 3.8) is 0 Å². The van der Waals surface area contributed by atoms with E-state index in [4.69, 9.17) is 10.2 Å². The van der Waals surface area contributed by atoms with E-state index in [0.717, 1.165) is 30.0 Å². The van der Waals surface area contributed by atoms with E-state index in [2.05, 4.69) is 5.32 Å². The molecule has 24 heavy (non-hydrogen) atoms. The molecule has 0 aliphatic heterocycles. The van der Waals surface area contributed by atoms with Gasteiger partial charge in [0, 0.05) is 32.7 Å². The number of amides is 1. The maximum Gasteiger partial charge on any atom is 0.275 e. The molecule has 7 nitrogen and oxygen atoms in total. The number of aryl methyl sites for hydroxylation is 1. The van der Waals surface area contributed by atoms with Crippen LogP contribution in [0.3, 0.4) is 0 Å². The number of carbonyl (C=O) groups is 1. The maximum absolute atomic E-state index is 12.6. The minimum Gasteiger partial charge on any atom is -0.448 e. The molecule has 2 rings (SSSR count). The van der Waals surface area contributed by atoms with Gasteiger partial charge in [-0.25, -0.2) is 12.7 Å². The molecule has 8 heteroatoms. The number of carbonyl (C=O) groups excluding carboxylic acids is 1. The Kier molecular flexibility index (Phi) is 6.06. The highest BCUT2D eigenvalue weighted by Crippen LogP contribution is 2.27. The fourth-order valence-corrected chi connectivity index (χ4v) is 4.00. The van der Waals surface area contributed by atoms with Crippen LogP contribution in [-0.2, 0) is 10.0 Å². The van der Waals surface area contributed by atoms with E-state index in [-0.39, 0.29) is 28.4 Å². The highest BCUT2D eigenvalue weighted by Gasteiger charge is 2.28. The molecule has 1 atom stereocenters. The van der Waals surface area contributed by atoms with Crippen LogP contribution < -0.4 is 11.1 Å². The zero-order valence-electron chi connectivity index (χ0n) is 14.5. The molecule has 1 aromatic heterocycles. The van der Waals surface area contributed by atoms with Gasteiger partial charge in [0.15, 0.2) is 0 Å². The lowest BCUT2D eigenvalue weighted by Gasteiger charge is -2.30. The Morgan fingerprint density at radius 2 is 2.00 bits per heavy atom. The van der Waals surface area contributed by atoms with Crippen molar-refractivity contribution in [2.24, 2.45) is 11.7 Å². The van der Waals surface area contributed by atoms with Crippen LogP contribution in [0.25, 0.3) is 0 Å². The van der Waals surface area contributed by atoms with E-state index in [1.54, 1.807) is 6.92 Å². The second-order valence-electron chi connectivity index (χ2n) is 6.54. The van der Waals surface area contributed by atoms with E-state index < -0.39 is 10.0 Å². The Bertz CT molecular complexity index is 675. The van der Waals surface area contributed by atoms with E-state index in [9.17, 15) is 13.2 Å². The summed E-state index contributed by atoms with van der Waals surface area (Å²) >= 11 is 0. The average molecular weight is 357 g/mol. The summed E-state index contributed by atoms with van der Waals surface area (Å²) in [7, 11) is -0.870. The van der Waals surface area contributed by atoms with E-state index >= 15 is 0 Å². The summed E-state index contributed by atoms with van der Waals surface area (Å²) in [6.07, 6.45) is 5.67. The molecule has 1 amide bonds. The van der Waals surface area contributed by atoms with Gasteiger partial charge in [0.25, 0.3) is 15.9 Å². The summed E-state index contributed by atoms with van der Waals surface area (Å²) in [4.78, 5) is 12.6. The molecule has 0 spiro atoms. The number of rotatable bonds is 6. The minimum absolute atomic E-state index is 0.0963. The molecule has 1 aromatic rings. The van der Waals surface area contributed by atoms with E-state index in [1.165, 1.54) is 26.6 Å². The molecule has 1 unspecified atom stereocenters. The number of nitrogens with zero attached hydrogens (tertiary/aromatic N) is 1. The third-order valence-electron chi connectivity index (χ3n) is 4.66. The van der Waals surface area contributed by atoms with Crippen molar-refractivity contribution in [1.82, 2.24) is 9.62 Å². The van der Waals surface area contributed by atoms with Gasteiger partial charge in [-0.15, -0.1) is 0 Å². The van der Waals surface area contributed by atoms with Crippen molar-refractivity contribution in [3.05, 3.63) is 17.4 Å². The van der Waals surface area contributed by atoms with Gasteiger partial charge in [-0.1, -0.05) is 19.3 Å². The Morgan fingerprint density at radius 1 is 1.38 bits per heavy atom. The van der Waals surface area contributed by atoms with Crippen molar-refractivity contribution in [3.8, 4) is 0 Å². The molecule has 1 heterocycles. The Morgan fingerprint density at radius 3 is 2.54 bits per heavy atom. The molecule has 1 saturated carbocycles. The van der Waals surface area contributed by atoms with Crippen LogP contribution in [0.4, 0.5) is 0 Å². The number of hydrogen-bond donors (Lipinski definition) is 2. The van der Waals surface area contributed by atoms with Crippen LogP contribution in [-0.4, -0.2) is 45.3 Å². The molecule has 0 radical (unpaired) electrons. The average Bonchev–Trinajstić information content (AvgIpc) is 2.95. The minimum atomic E-state index is -3.70. The van der Waals surface area contributed by atoms with Crippen LogP contribution in [0.5, 0.6) is 0 Å². The third kappa shape index (κ3) is 3.99. The lowest BCUT2D eigenvalue weighted by atomic mass is 9.84. The monoisotopic (exact) mass is 357 g/mol. The third-order valence-corrected chi connectivity index (χ3v) is 6.34. The van der Waals surface area contributed by atoms with Gasteiger partial charge in [0.2, 0.25) is 5.09 Å².